The lowest BCUT2D eigenvalue weighted by Gasteiger charge is -2.23. The second-order valence-corrected chi connectivity index (χ2v) is 5.97. The third-order valence-electron chi connectivity index (χ3n) is 3.99. The van der Waals surface area contributed by atoms with Crippen LogP contribution in [0.2, 0.25) is 0 Å². The molecule has 0 spiro atoms. The van der Waals surface area contributed by atoms with Crippen molar-refractivity contribution in [3.05, 3.63) is 60.1 Å². The fourth-order valence-electron chi connectivity index (χ4n) is 2.62. The van der Waals surface area contributed by atoms with Crippen LogP contribution in [0.4, 0.5) is 0 Å². The van der Waals surface area contributed by atoms with Gasteiger partial charge in [0.25, 0.3) is 0 Å². The highest BCUT2D eigenvalue weighted by molar-refractivity contribution is 5.79. The molecule has 0 radical (unpaired) electrons. The Labute approximate surface area is 139 Å². The quantitative estimate of drug-likeness (QED) is 0.608. The van der Waals surface area contributed by atoms with Crippen LogP contribution < -0.4 is 10.6 Å². The van der Waals surface area contributed by atoms with Crippen molar-refractivity contribution in [2.24, 2.45) is 10.9 Å². The molecule has 4 heteroatoms. The van der Waals surface area contributed by atoms with Crippen molar-refractivity contribution in [2.45, 2.75) is 26.2 Å². The SMILES string of the molecule is CN=C(NCCc1ccco1)NCC(c1ccccc1)C(C)C. The Kier molecular flexibility index (Phi) is 6.73. The number of hydrogen-bond acceptors (Lipinski definition) is 2. The average molecular weight is 313 g/mol. The molecule has 124 valence electrons. The Balaban J connectivity index is 1.83. The van der Waals surface area contributed by atoms with Gasteiger partial charge in [0.15, 0.2) is 5.96 Å². The van der Waals surface area contributed by atoms with Crippen LogP contribution in [0.1, 0.15) is 31.1 Å². The number of guanidine groups is 1. The predicted molar refractivity (Wildman–Crippen MR) is 95.8 cm³/mol. The van der Waals surface area contributed by atoms with Gasteiger partial charge in [0.05, 0.1) is 6.26 Å². The highest BCUT2D eigenvalue weighted by Crippen LogP contribution is 2.23. The number of nitrogens with one attached hydrogen (secondary N) is 2. The molecule has 1 heterocycles. The van der Waals surface area contributed by atoms with Gasteiger partial charge in [0.2, 0.25) is 0 Å². The second kappa shape index (κ2) is 9.03. The van der Waals surface area contributed by atoms with Crippen LogP contribution in [0.25, 0.3) is 0 Å². The van der Waals surface area contributed by atoms with Gasteiger partial charge in [-0.2, -0.15) is 0 Å². The molecule has 2 N–H and O–H groups in total. The lowest BCUT2D eigenvalue weighted by Crippen LogP contribution is -2.40. The average Bonchev–Trinajstić information content (AvgIpc) is 3.07. The predicted octanol–water partition coefficient (Wildman–Crippen LogP) is 3.43. The lowest BCUT2D eigenvalue weighted by molar-refractivity contribution is 0.486. The van der Waals surface area contributed by atoms with Crippen molar-refractivity contribution >= 4 is 5.96 Å². The Morgan fingerprint density at radius 1 is 1.09 bits per heavy atom. The maximum atomic E-state index is 5.34. The molecule has 1 aromatic heterocycles. The zero-order valence-electron chi connectivity index (χ0n) is 14.3. The first-order valence-electron chi connectivity index (χ1n) is 8.22. The molecular formula is C19H27N3O. The summed E-state index contributed by atoms with van der Waals surface area (Å²) >= 11 is 0. The minimum atomic E-state index is 0.458. The molecule has 23 heavy (non-hydrogen) atoms. The van der Waals surface area contributed by atoms with E-state index in [0.29, 0.717) is 11.8 Å². The van der Waals surface area contributed by atoms with E-state index < -0.39 is 0 Å². The van der Waals surface area contributed by atoms with E-state index >= 15 is 0 Å². The second-order valence-electron chi connectivity index (χ2n) is 5.97. The van der Waals surface area contributed by atoms with Gasteiger partial charge in [0.1, 0.15) is 5.76 Å². The Hall–Kier alpha value is -2.23. The number of nitrogens with zero attached hydrogens (tertiary/aromatic N) is 1. The number of rotatable bonds is 7. The lowest BCUT2D eigenvalue weighted by atomic mass is 9.88. The zero-order valence-corrected chi connectivity index (χ0v) is 14.3. The van der Waals surface area contributed by atoms with E-state index in [0.717, 1.165) is 31.2 Å². The molecule has 0 bridgehead atoms. The molecule has 1 atom stereocenters. The molecule has 1 aromatic carbocycles. The van der Waals surface area contributed by atoms with Crippen LogP contribution in [0.5, 0.6) is 0 Å². The van der Waals surface area contributed by atoms with E-state index in [-0.39, 0.29) is 0 Å². The first-order chi connectivity index (χ1) is 11.2. The molecule has 0 saturated heterocycles. The van der Waals surface area contributed by atoms with E-state index in [1.807, 2.05) is 12.1 Å². The van der Waals surface area contributed by atoms with Crippen molar-refractivity contribution < 1.29 is 4.42 Å². The monoisotopic (exact) mass is 313 g/mol. The molecule has 1 unspecified atom stereocenters. The van der Waals surface area contributed by atoms with Crippen LogP contribution in [0.15, 0.2) is 58.1 Å². The zero-order chi connectivity index (χ0) is 16.5. The van der Waals surface area contributed by atoms with Gasteiger partial charge in [0, 0.05) is 32.5 Å². The third kappa shape index (κ3) is 5.47. The minimum Gasteiger partial charge on any atom is -0.469 e. The van der Waals surface area contributed by atoms with Gasteiger partial charge < -0.3 is 15.1 Å². The van der Waals surface area contributed by atoms with E-state index in [1.165, 1.54) is 5.56 Å². The topological polar surface area (TPSA) is 49.6 Å². The van der Waals surface area contributed by atoms with Crippen molar-refractivity contribution in [3.63, 3.8) is 0 Å². The van der Waals surface area contributed by atoms with Gasteiger partial charge in [-0.1, -0.05) is 44.2 Å². The number of hydrogen-bond donors (Lipinski definition) is 2. The van der Waals surface area contributed by atoms with Crippen molar-refractivity contribution in [2.75, 3.05) is 20.1 Å². The summed E-state index contributed by atoms with van der Waals surface area (Å²) in [5.74, 6) is 2.83. The van der Waals surface area contributed by atoms with E-state index in [2.05, 4.69) is 59.8 Å². The molecule has 0 saturated carbocycles. The fraction of sp³-hybridized carbons (Fsp3) is 0.421. The summed E-state index contributed by atoms with van der Waals surface area (Å²) in [6.45, 7) is 6.17. The molecule has 4 nitrogen and oxygen atoms in total. The molecule has 0 amide bonds. The van der Waals surface area contributed by atoms with Crippen molar-refractivity contribution in [1.82, 2.24) is 10.6 Å². The summed E-state index contributed by atoms with van der Waals surface area (Å²) in [4.78, 5) is 4.30. The third-order valence-corrected chi connectivity index (χ3v) is 3.99. The molecule has 2 aromatic rings. The van der Waals surface area contributed by atoms with Crippen molar-refractivity contribution in [3.8, 4) is 0 Å². The van der Waals surface area contributed by atoms with Crippen LogP contribution in [-0.2, 0) is 6.42 Å². The maximum absolute atomic E-state index is 5.34. The largest absolute Gasteiger partial charge is 0.469 e. The fourth-order valence-corrected chi connectivity index (χ4v) is 2.62. The number of benzene rings is 1. The van der Waals surface area contributed by atoms with E-state index in [9.17, 15) is 0 Å². The Morgan fingerprint density at radius 3 is 2.48 bits per heavy atom. The summed E-state index contributed by atoms with van der Waals surface area (Å²) in [6.07, 6.45) is 2.55. The van der Waals surface area contributed by atoms with Crippen molar-refractivity contribution in [1.29, 1.82) is 0 Å². The summed E-state index contributed by atoms with van der Waals surface area (Å²) in [5.41, 5.74) is 1.36. The summed E-state index contributed by atoms with van der Waals surface area (Å²) in [7, 11) is 1.80. The van der Waals surface area contributed by atoms with Crippen LogP contribution in [0.3, 0.4) is 0 Å². The Morgan fingerprint density at radius 2 is 1.87 bits per heavy atom. The minimum absolute atomic E-state index is 0.458. The van der Waals surface area contributed by atoms with Crippen LogP contribution in [-0.4, -0.2) is 26.1 Å². The highest BCUT2D eigenvalue weighted by atomic mass is 16.3. The van der Waals surface area contributed by atoms with Gasteiger partial charge in [-0.25, -0.2) is 0 Å². The number of furan rings is 1. The van der Waals surface area contributed by atoms with Gasteiger partial charge >= 0.3 is 0 Å². The summed E-state index contributed by atoms with van der Waals surface area (Å²) < 4.78 is 5.34. The molecule has 0 aliphatic carbocycles. The molecule has 2 rings (SSSR count). The first-order valence-corrected chi connectivity index (χ1v) is 8.22. The smallest absolute Gasteiger partial charge is 0.191 e. The van der Waals surface area contributed by atoms with Gasteiger partial charge in [-0.05, 0) is 23.6 Å². The molecule has 0 aliphatic heterocycles. The van der Waals surface area contributed by atoms with Crippen LogP contribution in [0, 0.1) is 5.92 Å². The Bertz CT molecular complexity index is 576. The van der Waals surface area contributed by atoms with Gasteiger partial charge in [-0.3, -0.25) is 4.99 Å². The molecule has 0 fully saturated rings. The molecular weight excluding hydrogens is 286 g/mol. The molecule has 0 aliphatic rings. The van der Waals surface area contributed by atoms with Crippen LogP contribution >= 0.6 is 0 Å². The van der Waals surface area contributed by atoms with Gasteiger partial charge in [-0.15, -0.1) is 0 Å². The van der Waals surface area contributed by atoms with E-state index in [1.54, 1.807) is 13.3 Å². The van der Waals surface area contributed by atoms with E-state index in [4.69, 9.17) is 4.42 Å². The summed E-state index contributed by atoms with van der Waals surface area (Å²) in [5, 5.41) is 6.77. The normalized spacial score (nSPS) is 13.1. The standard InChI is InChI=1S/C19H27N3O/c1-15(2)18(16-8-5-4-6-9-16)14-22-19(20-3)21-12-11-17-10-7-13-23-17/h4-10,13,15,18H,11-12,14H2,1-3H3,(H2,20,21,22). The maximum Gasteiger partial charge on any atom is 0.191 e. The first kappa shape index (κ1) is 17.1. The highest BCUT2D eigenvalue weighted by Gasteiger charge is 2.15. The number of aliphatic imine (C=N–C) groups is 1. The summed E-state index contributed by atoms with van der Waals surface area (Å²) in [6, 6.07) is 14.5.